The molecule has 0 aromatic rings. The average Bonchev–Trinajstić information content (AvgIpc) is 2.19. The van der Waals surface area contributed by atoms with E-state index in [9.17, 15) is 0 Å². The minimum absolute atomic E-state index is 0.442. The minimum Gasteiger partial charge on any atom is -0.381 e. The summed E-state index contributed by atoms with van der Waals surface area (Å²) in [6.07, 6.45) is 3.76. The minimum atomic E-state index is 0.442. The van der Waals surface area contributed by atoms with Gasteiger partial charge in [-0.25, -0.2) is 0 Å². The summed E-state index contributed by atoms with van der Waals surface area (Å²) >= 11 is 0. The first-order chi connectivity index (χ1) is 6.43. The molecule has 0 aromatic heterocycles. The molecule has 13 heavy (non-hydrogen) atoms. The van der Waals surface area contributed by atoms with Gasteiger partial charge in [0.15, 0.2) is 0 Å². The summed E-state index contributed by atoms with van der Waals surface area (Å²) in [6, 6.07) is 0. The summed E-state index contributed by atoms with van der Waals surface area (Å²) in [6.45, 7) is 6.82. The van der Waals surface area contributed by atoms with Crippen LogP contribution in [0.3, 0.4) is 0 Å². The predicted molar refractivity (Wildman–Crippen MR) is 53.0 cm³/mol. The Balaban J connectivity index is 1.86. The molecule has 3 heteroatoms. The zero-order valence-corrected chi connectivity index (χ0v) is 8.55. The van der Waals surface area contributed by atoms with Crippen LogP contribution in [0.15, 0.2) is 0 Å². The summed E-state index contributed by atoms with van der Waals surface area (Å²) in [7, 11) is 0. The Labute approximate surface area is 80.8 Å². The molecule has 78 valence electrons. The lowest BCUT2D eigenvalue weighted by molar-refractivity contribution is -0.0304. The first-order valence-corrected chi connectivity index (χ1v) is 5.33. The standard InChI is InChI=1S/C10H21NO2/c1-2-5-11-6-9-13-10-3-7-12-8-4-10/h10-11H,2-9H2,1H3. The number of nitrogens with one attached hydrogen (secondary N) is 1. The fraction of sp³-hybridized carbons (Fsp3) is 1.00. The summed E-state index contributed by atoms with van der Waals surface area (Å²) in [4.78, 5) is 0. The van der Waals surface area contributed by atoms with Gasteiger partial charge in [0.2, 0.25) is 0 Å². The van der Waals surface area contributed by atoms with Gasteiger partial charge in [-0.2, -0.15) is 0 Å². The second kappa shape index (κ2) is 7.30. The van der Waals surface area contributed by atoms with Crippen molar-refractivity contribution in [2.45, 2.75) is 32.3 Å². The van der Waals surface area contributed by atoms with Crippen LogP contribution in [0.25, 0.3) is 0 Å². The van der Waals surface area contributed by atoms with Crippen LogP contribution in [0.4, 0.5) is 0 Å². The largest absolute Gasteiger partial charge is 0.381 e. The Hall–Kier alpha value is -0.120. The van der Waals surface area contributed by atoms with Gasteiger partial charge in [-0.15, -0.1) is 0 Å². The third kappa shape index (κ3) is 5.24. The molecule has 0 bridgehead atoms. The Kier molecular flexibility index (Phi) is 6.15. The Morgan fingerprint density at radius 1 is 1.31 bits per heavy atom. The molecule has 1 saturated heterocycles. The maximum atomic E-state index is 5.69. The molecule has 0 amide bonds. The maximum absolute atomic E-state index is 5.69. The number of hydrogen-bond acceptors (Lipinski definition) is 3. The lowest BCUT2D eigenvalue weighted by Crippen LogP contribution is -2.27. The highest BCUT2D eigenvalue weighted by Crippen LogP contribution is 2.09. The normalized spacial score (nSPS) is 19.2. The van der Waals surface area contributed by atoms with Crippen LogP contribution in [-0.4, -0.2) is 39.0 Å². The summed E-state index contributed by atoms with van der Waals surface area (Å²) in [5.41, 5.74) is 0. The predicted octanol–water partition coefficient (Wildman–Crippen LogP) is 1.18. The summed E-state index contributed by atoms with van der Waals surface area (Å²) in [5, 5.41) is 3.32. The molecule has 1 fully saturated rings. The third-order valence-corrected chi connectivity index (χ3v) is 2.23. The molecular weight excluding hydrogens is 166 g/mol. The third-order valence-electron chi connectivity index (χ3n) is 2.23. The molecule has 3 nitrogen and oxygen atoms in total. The van der Waals surface area contributed by atoms with Crippen LogP contribution in [0, 0.1) is 0 Å². The van der Waals surface area contributed by atoms with Gasteiger partial charge in [0.1, 0.15) is 0 Å². The number of rotatable bonds is 6. The van der Waals surface area contributed by atoms with Gasteiger partial charge < -0.3 is 14.8 Å². The van der Waals surface area contributed by atoms with Crippen LogP contribution in [0.5, 0.6) is 0 Å². The van der Waals surface area contributed by atoms with E-state index in [1.54, 1.807) is 0 Å². The quantitative estimate of drug-likeness (QED) is 0.633. The van der Waals surface area contributed by atoms with Gasteiger partial charge in [0, 0.05) is 19.8 Å². The summed E-state index contributed by atoms with van der Waals surface area (Å²) in [5.74, 6) is 0. The smallest absolute Gasteiger partial charge is 0.0619 e. The first kappa shape index (κ1) is 11.0. The highest BCUT2D eigenvalue weighted by molar-refractivity contribution is 4.62. The van der Waals surface area contributed by atoms with Crippen molar-refractivity contribution in [3.63, 3.8) is 0 Å². The molecular formula is C10H21NO2. The average molecular weight is 187 g/mol. The van der Waals surface area contributed by atoms with Crippen LogP contribution in [0.1, 0.15) is 26.2 Å². The van der Waals surface area contributed by atoms with E-state index >= 15 is 0 Å². The van der Waals surface area contributed by atoms with Gasteiger partial charge in [0.05, 0.1) is 12.7 Å². The number of ether oxygens (including phenoxy) is 2. The molecule has 1 aliphatic heterocycles. The van der Waals surface area contributed by atoms with Crippen LogP contribution in [0.2, 0.25) is 0 Å². The second-order valence-electron chi connectivity index (χ2n) is 3.43. The monoisotopic (exact) mass is 187 g/mol. The SMILES string of the molecule is CCCNCCOC1CCOCC1. The van der Waals surface area contributed by atoms with E-state index in [-0.39, 0.29) is 0 Å². The van der Waals surface area contributed by atoms with Gasteiger partial charge in [-0.3, -0.25) is 0 Å². The first-order valence-electron chi connectivity index (χ1n) is 5.33. The molecule has 1 aliphatic rings. The van der Waals surface area contributed by atoms with Crippen molar-refractivity contribution in [3.8, 4) is 0 Å². The van der Waals surface area contributed by atoms with Crippen molar-refractivity contribution in [1.82, 2.24) is 5.32 Å². The van der Waals surface area contributed by atoms with Crippen LogP contribution < -0.4 is 5.32 Å². The molecule has 0 unspecified atom stereocenters. The van der Waals surface area contributed by atoms with Crippen molar-refractivity contribution in [2.24, 2.45) is 0 Å². The topological polar surface area (TPSA) is 30.5 Å². The Morgan fingerprint density at radius 3 is 2.77 bits per heavy atom. The van der Waals surface area contributed by atoms with Crippen molar-refractivity contribution in [1.29, 1.82) is 0 Å². The maximum Gasteiger partial charge on any atom is 0.0619 e. The van der Waals surface area contributed by atoms with Gasteiger partial charge in [-0.1, -0.05) is 6.92 Å². The van der Waals surface area contributed by atoms with Crippen molar-refractivity contribution < 1.29 is 9.47 Å². The second-order valence-corrected chi connectivity index (χ2v) is 3.43. The van der Waals surface area contributed by atoms with Gasteiger partial charge >= 0.3 is 0 Å². The van der Waals surface area contributed by atoms with E-state index in [0.717, 1.165) is 45.8 Å². The van der Waals surface area contributed by atoms with E-state index in [1.807, 2.05) is 0 Å². The van der Waals surface area contributed by atoms with Gasteiger partial charge in [0.25, 0.3) is 0 Å². The molecule has 0 spiro atoms. The highest BCUT2D eigenvalue weighted by atomic mass is 16.5. The Morgan fingerprint density at radius 2 is 2.08 bits per heavy atom. The molecule has 0 atom stereocenters. The van der Waals surface area contributed by atoms with Crippen molar-refractivity contribution >= 4 is 0 Å². The molecule has 0 radical (unpaired) electrons. The van der Waals surface area contributed by atoms with E-state index < -0.39 is 0 Å². The molecule has 1 N–H and O–H groups in total. The zero-order chi connectivity index (χ0) is 9.36. The fourth-order valence-corrected chi connectivity index (χ4v) is 1.44. The highest BCUT2D eigenvalue weighted by Gasteiger charge is 2.13. The molecule has 0 aliphatic carbocycles. The number of hydrogen-bond donors (Lipinski definition) is 1. The van der Waals surface area contributed by atoms with Crippen LogP contribution in [-0.2, 0) is 9.47 Å². The Bertz CT molecular complexity index is 113. The van der Waals surface area contributed by atoms with Crippen LogP contribution >= 0.6 is 0 Å². The van der Waals surface area contributed by atoms with Crippen molar-refractivity contribution in [3.05, 3.63) is 0 Å². The van der Waals surface area contributed by atoms with Crippen molar-refractivity contribution in [2.75, 3.05) is 32.9 Å². The lowest BCUT2D eigenvalue weighted by Gasteiger charge is -2.22. The summed E-state index contributed by atoms with van der Waals surface area (Å²) < 4.78 is 10.9. The molecule has 1 rings (SSSR count). The fourth-order valence-electron chi connectivity index (χ4n) is 1.44. The zero-order valence-electron chi connectivity index (χ0n) is 8.55. The molecule has 0 saturated carbocycles. The van der Waals surface area contributed by atoms with E-state index in [2.05, 4.69) is 12.2 Å². The van der Waals surface area contributed by atoms with E-state index in [0.29, 0.717) is 6.10 Å². The molecule has 0 aromatic carbocycles. The van der Waals surface area contributed by atoms with E-state index in [1.165, 1.54) is 6.42 Å². The molecule has 1 heterocycles. The van der Waals surface area contributed by atoms with E-state index in [4.69, 9.17) is 9.47 Å². The lowest BCUT2D eigenvalue weighted by atomic mass is 10.2. The van der Waals surface area contributed by atoms with Gasteiger partial charge in [-0.05, 0) is 25.8 Å².